The van der Waals surface area contributed by atoms with Crippen molar-refractivity contribution in [3.05, 3.63) is 41.5 Å². The summed E-state index contributed by atoms with van der Waals surface area (Å²) in [6.07, 6.45) is -0.161. The van der Waals surface area contributed by atoms with Gasteiger partial charge >= 0.3 is 0 Å². The predicted octanol–water partition coefficient (Wildman–Crippen LogP) is 4.81. The van der Waals surface area contributed by atoms with Crippen molar-refractivity contribution in [2.75, 3.05) is 35.5 Å². The first-order chi connectivity index (χ1) is 14.0. The van der Waals surface area contributed by atoms with Crippen molar-refractivity contribution in [2.24, 2.45) is 11.8 Å². The van der Waals surface area contributed by atoms with Crippen LogP contribution in [0, 0.1) is 11.8 Å². The molecule has 3 rings (SSSR count). The molecular formula is C23H30O6. The lowest BCUT2D eigenvalue weighted by Crippen LogP contribution is -2.10. The lowest BCUT2D eigenvalue weighted by Gasteiger charge is -2.20. The van der Waals surface area contributed by atoms with E-state index in [1.54, 1.807) is 35.5 Å². The molecule has 0 N–H and O–H groups in total. The highest BCUT2D eigenvalue weighted by atomic mass is 16.5. The molecule has 0 saturated carbocycles. The predicted molar refractivity (Wildman–Crippen MR) is 111 cm³/mol. The lowest BCUT2D eigenvalue weighted by atomic mass is 9.85. The van der Waals surface area contributed by atoms with E-state index >= 15 is 0 Å². The lowest BCUT2D eigenvalue weighted by molar-refractivity contribution is 0.0286. The molecular weight excluding hydrogens is 372 g/mol. The molecule has 1 fully saturated rings. The smallest absolute Gasteiger partial charge is 0.203 e. The van der Waals surface area contributed by atoms with Gasteiger partial charge in [0, 0.05) is 0 Å². The van der Waals surface area contributed by atoms with Gasteiger partial charge in [0.05, 0.1) is 47.8 Å². The Balaban J connectivity index is 1.96. The Morgan fingerprint density at radius 2 is 1.07 bits per heavy atom. The van der Waals surface area contributed by atoms with Crippen LogP contribution in [-0.4, -0.2) is 35.5 Å². The molecule has 1 aliphatic heterocycles. The van der Waals surface area contributed by atoms with E-state index in [0.29, 0.717) is 34.7 Å². The Bertz CT molecular complexity index is 824. The number of hydrogen-bond acceptors (Lipinski definition) is 6. The zero-order valence-corrected chi connectivity index (χ0v) is 18.1. The van der Waals surface area contributed by atoms with Crippen molar-refractivity contribution < 1.29 is 28.4 Å². The first-order valence-corrected chi connectivity index (χ1v) is 9.66. The Morgan fingerprint density at radius 3 is 1.55 bits per heavy atom. The van der Waals surface area contributed by atoms with Gasteiger partial charge in [0.15, 0.2) is 23.0 Å². The van der Waals surface area contributed by atoms with Crippen LogP contribution in [0.5, 0.6) is 28.7 Å². The van der Waals surface area contributed by atoms with Gasteiger partial charge < -0.3 is 28.4 Å². The fourth-order valence-corrected chi connectivity index (χ4v) is 4.02. The Morgan fingerprint density at radius 1 is 0.586 bits per heavy atom. The van der Waals surface area contributed by atoms with Gasteiger partial charge in [-0.3, -0.25) is 0 Å². The minimum atomic E-state index is -0.100. The van der Waals surface area contributed by atoms with Crippen molar-refractivity contribution >= 4 is 0 Å². The molecule has 29 heavy (non-hydrogen) atoms. The summed E-state index contributed by atoms with van der Waals surface area (Å²) in [5, 5.41) is 0. The van der Waals surface area contributed by atoms with Crippen molar-refractivity contribution in [1.82, 2.24) is 0 Å². The summed E-state index contributed by atoms with van der Waals surface area (Å²) < 4.78 is 33.9. The van der Waals surface area contributed by atoms with E-state index in [1.165, 1.54) is 0 Å². The average molecular weight is 402 g/mol. The molecule has 0 spiro atoms. The highest BCUT2D eigenvalue weighted by Crippen LogP contribution is 2.52. The van der Waals surface area contributed by atoms with Crippen LogP contribution in [0.1, 0.15) is 37.2 Å². The van der Waals surface area contributed by atoms with E-state index in [0.717, 1.165) is 11.1 Å². The van der Waals surface area contributed by atoms with Gasteiger partial charge in [0.1, 0.15) is 0 Å². The maximum atomic E-state index is 6.56. The molecule has 0 aliphatic carbocycles. The summed E-state index contributed by atoms with van der Waals surface area (Å²) in [4.78, 5) is 0. The van der Waals surface area contributed by atoms with E-state index in [-0.39, 0.29) is 18.1 Å². The monoisotopic (exact) mass is 402 g/mol. The van der Waals surface area contributed by atoms with Crippen molar-refractivity contribution in [1.29, 1.82) is 0 Å². The topological polar surface area (TPSA) is 55.4 Å². The summed E-state index contributed by atoms with van der Waals surface area (Å²) in [5.41, 5.74) is 2.07. The number of hydrogen-bond donors (Lipinski definition) is 0. The molecule has 2 aromatic rings. The largest absolute Gasteiger partial charge is 0.493 e. The highest BCUT2D eigenvalue weighted by molar-refractivity contribution is 5.54. The molecule has 158 valence electrons. The van der Waals surface area contributed by atoms with Crippen LogP contribution in [0.15, 0.2) is 30.3 Å². The summed E-state index contributed by atoms with van der Waals surface area (Å²) in [6.45, 7) is 4.42. The maximum Gasteiger partial charge on any atom is 0.203 e. The highest BCUT2D eigenvalue weighted by Gasteiger charge is 2.41. The summed E-state index contributed by atoms with van der Waals surface area (Å²) in [7, 11) is 8.12. The molecule has 2 aromatic carbocycles. The standard InChI is InChI=1S/C23H30O6/c1-13-14(2)22(16-11-19(26-5)23(28-7)20(12-16)27-6)29-21(13)15-8-9-17(24-3)18(10-15)25-4/h8-14,21-22H,1-7H3. The average Bonchev–Trinajstić information content (AvgIpc) is 3.06. The molecule has 0 bridgehead atoms. The fraction of sp³-hybridized carbons (Fsp3) is 0.478. The molecule has 1 saturated heterocycles. The summed E-state index contributed by atoms with van der Waals surface area (Å²) in [5.74, 6) is 3.82. The normalized spacial score (nSPS) is 23.6. The quantitative estimate of drug-likeness (QED) is 0.662. The first-order valence-electron chi connectivity index (χ1n) is 9.66. The van der Waals surface area contributed by atoms with Gasteiger partial charge in [-0.15, -0.1) is 0 Å². The summed E-state index contributed by atoms with van der Waals surface area (Å²) in [6, 6.07) is 9.87. The number of benzene rings is 2. The second-order valence-electron chi connectivity index (χ2n) is 7.27. The number of ether oxygens (including phenoxy) is 6. The SMILES string of the molecule is COc1ccc(C2OC(c3cc(OC)c(OC)c(OC)c3)C(C)C2C)cc1OC. The number of methoxy groups -OCH3 is 5. The van der Waals surface area contributed by atoms with Crippen molar-refractivity contribution in [2.45, 2.75) is 26.1 Å². The van der Waals surface area contributed by atoms with Crippen LogP contribution < -0.4 is 23.7 Å². The fourth-order valence-electron chi connectivity index (χ4n) is 4.02. The van der Waals surface area contributed by atoms with Gasteiger partial charge in [-0.2, -0.15) is 0 Å². The minimum Gasteiger partial charge on any atom is -0.493 e. The van der Waals surface area contributed by atoms with Gasteiger partial charge in [-0.25, -0.2) is 0 Å². The van der Waals surface area contributed by atoms with Crippen LogP contribution in [0.4, 0.5) is 0 Å². The minimum absolute atomic E-state index is 0.0612. The van der Waals surface area contributed by atoms with E-state index in [9.17, 15) is 0 Å². The molecule has 1 heterocycles. The third kappa shape index (κ3) is 3.81. The second-order valence-corrected chi connectivity index (χ2v) is 7.27. The first kappa shape index (κ1) is 21.1. The van der Waals surface area contributed by atoms with E-state index in [2.05, 4.69) is 13.8 Å². The van der Waals surface area contributed by atoms with Crippen molar-refractivity contribution in [3.63, 3.8) is 0 Å². The third-order valence-corrected chi connectivity index (χ3v) is 5.83. The molecule has 6 nitrogen and oxygen atoms in total. The maximum absolute atomic E-state index is 6.56. The molecule has 0 radical (unpaired) electrons. The van der Waals surface area contributed by atoms with E-state index < -0.39 is 0 Å². The van der Waals surface area contributed by atoms with E-state index in [4.69, 9.17) is 28.4 Å². The van der Waals surface area contributed by atoms with Crippen LogP contribution in [0.25, 0.3) is 0 Å². The van der Waals surface area contributed by atoms with Gasteiger partial charge in [-0.05, 0) is 47.2 Å². The van der Waals surface area contributed by atoms with Crippen LogP contribution in [0.2, 0.25) is 0 Å². The third-order valence-electron chi connectivity index (χ3n) is 5.83. The van der Waals surface area contributed by atoms with Crippen LogP contribution in [0.3, 0.4) is 0 Å². The molecule has 4 unspecified atom stereocenters. The number of rotatable bonds is 7. The van der Waals surface area contributed by atoms with E-state index in [1.807, 2.05) is 30.3 Å². The van der Waals surface area contributed by atoms with Crippen LogP contribution in [-0.2, 0) is 4.74 Å². The zero-order chi connectivity index (χ0) is 21.1. The zero-order valence-electron chi connectivity index (χ0n) is 18.1. The Hall–Kier alpha value is -2.60. The molecule has 1 aliphatic rings. The van der Waals surface area contributed by atoms with Crippen LogP contribution >= 0.6 is 0 Å². The van der Waals surface area contributed by atoms with Gasteiger partial charge in [0.25, 0.3) is 0 Å². The van der Waals surface area contributed by atoms with Gasteiger partial charge in [-0.1, -0.05) is 19.9 Å². The van der Waals surface area contributed by atoms with Gasteiger partial charge in [0.2, 0.25) is 5.75 Å². The molecule has 0 aromatic heterocycles. The summed E-state index contributed by atoms with van der Waals surface area (Å²) >= 11 is 0. The Labute approximate surface area is 172 Å². The van der Waals surface area contributed by atoms with Crippen molar-refractivity contribution in [3.8, 4) is 28.7 Å². The molecule has 0 amide bonds. The molecule has 6 heteroatoms. The Kier molecular flexibility index (Phi) is 6.42. The molecule has 4 atom stereocenters. The second kappa shape index (κ2) is 8.82.